The number of nitrogens with one attached hydrogen (secondary N) is 16. The number of primary amides is 1. The molecule has 2 aliphatic heterocycles. The zero-order chi connectivity index (χ0) is 95.2. The highest BCUT2D eigenvalue weighted by Crippen LogP contribution is 2.26. The van der Waals surface area contributed by atoms with Gasteiger partial charge in [0.05, 0.1) is 0 Å². The van der Waals surface area contributed by atoms with Crippen molar-refractivity contribution in [1.82, 2.24) is 84.7 Å². The summed E-state index contributed by atoms with van der Waals surface area (Å²) in [5, 5.41) is 42.4. The van der Waals surface area contributed by atoms with Gasteiger partial charge in [-0.05, 0) is 299 Å². The second-order valence-corrected chi connectivity index (χ2v) is 34.9. The van der Waals surface area contributed by atoms with Gasteiger partial charge in [0.15, 0.2) is 0 Å². The third kappa shape index (κ3) is 37.3. The van der Waals surface area contributed by atoms with Crippen molar-refractivity contribution in [3.63, 3.8) is 0 Å². The molecule has 0 unspecified atom stereocenters. The fraction of sp³-hybridized carbons (Fsp3) is 0.685. The maximum atomic E-state index is 15.7. The molecule has 2 aromatic rings. The molecule has 4 rings (SSSR count). The van der Waals surface area contributed by atoms with Crippen molar-refractivity contribution >= 4 is 105 Å². The van der Waals surface area contributed by atoms with Crippen molar-refractivity contribution in [3.8, 4) is 0 Å². The first kappa shape index (κ1) is 110. The van der Waals surface area contributed by atoms with Gasteiger partial charge < -0.3 is 125 Å². The summed E-state index contributed by atoms with van der Waals surface area (Å²) in [7, 11) is 0. The highest BCUT2D eigenvalue weighted by atomic mass is 16.2. The van der Waals surface area contributed by atoms with Crippen molar-refractivity contribution in [3.05, 3.63) is 60.3 Å². The number of amides is 16. The third-order valence-electron chi connectivity index (χ3n) is 23.4. The van der Waals surface area contributed by atoms with Gasteiger partial charge in [-0.2, -0.15) is 0 Å². The van der Waals surface area contributed by atoms with Gasteiger partial charge in [0.2, 0.25) is 94.5 Å². The number of rotatable bonds is 40. The van der Waals surface area contributed by atoms with E-state index in [0.717, 1.165) is 0 Å². The van der Waals surface area contributed by atoms with Crippen LogP contribution in [0.1, 0.15) is 261 Å². The summed E-state index contributed by atoms with van der Waals surface area (Å²) >= 11 is 0. The summed E-state index contributed by atoms with van der Waals surface area (Å²) < 4.78 is 0. The first-order valence-corrected chi connectivity index (χ1v) is 45.7. The van der Waals surface area contributed by atoms with E-state index in [4.69, 9.17) is 40.1 Å². The molecule has 718 valence electrons. The molecule has 15 atom stereocenters. The molecule has 30 N–H and O–H groups in total. The van der Waals surface area contributed by atoms with Crippen LogP contribution in [0.3, 0.4) is 0 Å². The molecule has 1 aromatic heterocycles. The molecular weight excluding hydrogens is 1650 g/mol. The van der Waals surface area contributed by atoms with E-state index in [-0.39, 0.29) is 129 Å². The standard InChI is InChI=1S/C89H151N23O16/c1-56(72(115)103-64(71(96)114)38-20-30-48-90)99-82(125)86(6)44-26-14-10-11-16-28-46-88(8,84(127)100-57(2)73(116)104-65(39-21-31-49-91)76(119)98-59(4)75(118)109-86)111-80(123)69(43-25-35-53-95)106-78(121)67(41-23-33-51-93)108-85(128)89(9)47-29-17-13-12-15-27-45-87(7,110-79(122)68(102-60(5)113)42-24-34-52-94)83(126)101-58(3)74(117)105-66(40-22-32-50-92)77(120)107-70(81(124)112-89)54-61-55-97-63-37-19-18-36-62(61)63/h10-13,18-19,36-37,55-59,64-70,97H,14-17,20-35,38-54,90-95H2,1-9H3,(H2,96,114)(H,98,119)(H,99,125)(H,100,127)(H,101,126)(H,102,113)(H,103,115)(H,104,116)(H,105,117)(H,106,121)(H,107,120)(H,108,128)(H,109,118)(H,110,122)(H,111,123)(H,112,124)/b11-10-,13-12-/t56-,57-,58-,59-,64-,65-,66-,67-,68-,69-,70-,86+,87+,88+,89+/m0/s1. The lowest BCUT2D eigenvalue weighted by Crippen LogP contribution is -2.65. The predicted octanol–water partition coefficient (Wildman–Crippen LogP) is -0.278. The van der Waals surface area contributed by atoms with E-state index in [1.54, 1.807) is 12.3 Å². The van der Waals surface area contributed by atoms with Crippen LogP contribution in [0, 0.1) is 0 Å². The number of carbonyl (C=O) groups excluding carboxylic acids is 16. The highest BCUT2D eigenvalue weighted by Gasteiger charge is 2.45. The van der Waals surface area contributed by atoms with Crippen molar-refractivity contribution in [2.45, 2.75) is 350 Å². The summed E-state index contributed by atoms with van der Waals surface area (Å²) in [4.78, 5) is 233. The Hall–Kier alpha value is -10.5. The fourth-order valence-electron chi connectivity index (χ4n) is 15.1. The monoisotopic (exact) mass is 1800 g/mol. The van der Waals surface area contributed by atoms with Crippen LogP contribution in [0.2, 0.25) is 0 Å². The van der Waals surface area contributed by atoms with Crippen LogP contribution in [0.4, 0.5) is 0 Å². The van der Waals surface area contributed by atoms with Gasteiger partial charge in [0.1, 0.15) is 88.6 Å². The molecule has 1 aromatic carbocycles. The Bertz CT molecular complexity index is 4050. The second-order valence-electron chi connectivity index (χ2n) is 34.9. The van der Waals surface area contributed by atoms with E-state index in [1.165, 1.54) is 62.3 Å². The Labute approximate surface area is 753 Å². The smallest absolute Gasteiger partial charge is 0.246 e. The topological polar surface area (TPSA) is 651 Å². The summed E-state index contributed by atoms with van der Waals surface area (Å²) in [6.45, 7) is 14.4. The van der Waals surface area contributed by atoms with E-state index < -0.39 is 183 Å². The average Bonchev–Trinajstić information content (AvgIpc) is 1.56. The molecule has 0 spiro atoms. The Balaban J connectivity index is 1.79. The number of aromatic nitrogens is 1. The number of benzene rings is 1. The molecular formula is C89H151N23O16. The summed E-state index contributed by atoms with van der Waals surface area (Å²) in [6, 6.07) is -6.90. The van der Waals surface area contributed by atoms with Gasteiger partial charge in [-0.1, -0.05) is 42.5 Å². The zero-order valence-corrected chi connectivity index (χ0v) is 76.8. The molecule has 128 heavy (non-hydrogen) atoms. The Morgan fingerprint density at radius 2 is 0.789 bits per heavy atom. The maximum absolute atomic E-state index is 15.7. The van der Waals surface area contributed by atoms with Gasteiger partial charge in [-0.25, -0.2) is 0 Å². The molecule has 0 saturated carbocycles. The van der Waals surface area contributed by atoms with Crippen molar-refractivity contribution in [2.24, 2.45) is 40.1 Å². The van der Waals surface area contributed by atoms with E-state index in [2.05, 4.69) is 84.7 Å². The molecule has 0 aliphatic carbocycles. The third-order valence-corrected chi connectivity index (χ3v) is 23.4. The molecule has 2 aliphatic rings. The molecule has 39 nitrogen and oxygen atoms in total. The number of aromatic amines is 1. The lowest BCUT2D eigenvalue weighted by atomic mass is 9.91. The Morgan fingerprint density at radius 1 is 0.414 bits per heavy atom. The molecule has 0 saturated heterocycles. The van der Waals surface area contributed by atoms with E-state index in [9.17, 15) is 47.9 Å². The van der Waals surface area contributed by atoms with Crippen molar-refractivity contribution in [2.75, 3.05) is 39.3 Å². The number of hydrogen-bond donors (Lipinski definition) is 23. The second kappa shape index (κ2) is 56.8. The molecule has 0 bridgehead atoms. The van der Waals surface area contributed by atoms with Gasteiger partial charge in [-0.15, -0.1) is 0 Å². The van der Waals surface area contributed by atoms with Gasteiger partial charge in [0.25, 0.3) is 0 Å². The normalized spacial score (nSPS) is 25.0. The number of H-pyrrole nitrogens is 1. The number of unbranched alkanes of at least 4 members (excludes halogenated alkanes) is 6. The molecule has 0 fully saturated rings. The predicted molar refractivity (Wildman–Crippen MR) is 488 cm³/mol. The summed E-state index contributed by atoms with van der Waals surface area (Å²) in [5.74, 6) is -12.2. The van der Waals surface area contributed by atoms with Crippen molar-refractivity contribution < 1.29 is 76.7 Å². The van der Waals surface area contributed by atoms with E-state index in [1.807, 2.05) is 42.5 Å². The zero-order valence-electron chi connectivity index (χ0n) is 76.8. The van der Waals surface area contributed by atoms with Gasteiger partial charge in [-0.3, -0.25) is 76.7 Å². The molecule has 0 radical (unpaired) electrons. The fourth-order valence-corrected chi connectivity index (χ4v) is 15.1. The van der Waals surface area contributed by atoms with Crippen LogP contribution < -0.4 is 120 Å². The molecule has 39 heteroatoms. The van der Waals surface area contributed by atoms with Crippen LogP contribution in [0.15, 0.2) is 54.8 Å². The lowest BCUT2D eigenvalue weighted by molar-refractivity contribution is -0.139. The van der Waals surface area contributed by atoms with Crippen LogP contribution in [0.5, 0.6) is 0 Å². The molecule has 16 amide bonds. The Kier molecular flexibility index (Phi) is 48.7. The van der Waals surface area contributed by atoms with Crippen LogP contribution in [0.25, 0.3) is 10.9 Å². The minimum absolute atomic E-state index is 0.00695. The number of nitrogens with two attached hydrogens (primary N) is 7. The SMILES string of the molecule is CC(=O)N[C@@H](CCCCN)C(=O)N[C@]1(C)CCC/C=C\CCC[C@](C)(C(=O)N[C@@H](CCCCN)C(=O)N[C@@H](CCCCN)C(=O)N[C@]2(C)CCC/C=C\CCC[C@](C)(C(=O)N[C@@H](C)C(=O)N[C@@H](CCCCN)C(N)=O)NC(=O)[C@H](C)NC(=O)[C@H](CCCCN)NC(=O)[C@H](C)NC2=O)NC(=O)[C@H](Cc2c[nH]c3ccccc23)NC(=O)[C@H](CCCCN)NC(=O)[C@H](C)NC1=O. The minimum Gasteiger partial charge on any atom is -0.368 e. The maximum Gasteiger partial charge on any atom is 0.246 e. The van der Waals surface area contributed by atoms with Crippen LogP contribution in [-0.2, 0) is 83.1 Å². The number of carbonyl (C=O) groups is 16. The minimum atomic E-state index is -1.89. The van der Waals surface area contributed by atoms with Crippen LogP contribution >= 0.6 is 0 Å². The van der Waals surface area contributed by atoms with Crippen molar-refractivity contribution in [1.29, 1.82) is 0 Å². The van der Waals surface area contributed by atoms with Gasteiger partial charge >= 0.3 is 0 Å². The highest BCUT2D eigenvalue weighted by molar-refractivity contribution is 6.03. The number of allylic oxidation sites excluding steroid dienone is 4. The van der Waals surface area contributed by atoms with Crippen LogP contribution in [-0.4, -0.2) is 227 Å². The van der Waals surface area contributed by atoms with E-state index in [0.29, 0.717) is 126 Å². The summed E-state index contributed by atoms with van der Waals surface area (Å²) in [5.41, 5.74) is 35.1. The van der Waals surface area contributed by atoms with Gasteiger partial charge in [0, 0.05) is 30.4 Å². The molecule has 3 heterocycles. The van der Waals surface area contributed by atoms with E-state index >= 15 is 28.8 Å². The number of para-hydroxylation sites is 1. The first-order chi connectivity index (χ1) is 60.8. The quantitative estimate of drug-likeness (QED) is 0.0301. The number of fused-ring (bicyclic) bond motifs is 1. The largest absolute Gasteiger partial charge is 0.368 e. The summed E-state index contributed by atoms with van der Waals surface area (Å²) in [6.07, 6.45) is 16.7. The number of hydrogen-bond acceptors (Lipinski definition) is 22. The first-order valence-electron chi connectivity index (χ1n) is 45.7. The lowest BCUT2D eigenvalue weighted by Gasteiger charge is -2.34. The Morgan fingerprint density at radius 3 is 1.23 bits per heavy atom. The average molecular weight is 1800 g/mol.